The van der Waals surface area contributed by atoms with E-state index in [0.29, 0.717) is 5.92 Å². The highest BCUT2D eigenvalue weighted by molar-refractivity contribution is 5.95. The zero-order valence-electron chi connectivity index (χ0n) is 11.0. The second-order valence-electron chi connectivity index (χ2n) is 5.03. The van der Waals surface area contributed by atoms with Gasteiger partial charge >= 0.3 is 0 Å². The van der Waals surface area contributed by atoms with E-state index in [4.69, 9.17) is 4.74 Å². The Morgan fingerprint density at radius 2 is 2.28 bits per heavy atom. The Morgan fingerprint density at radius 1 is 1.44 bits per heavy atom. The number of ether oxygens (including phenoxy) is 1. The molecule has 2 rings (SSSR count). The third-order valence-electron chi connectivity index (χ3n) is 2.90. The predicted molar refractivity (Wildman–Crippen MR) is 71.7 cm³/mol. The van der Waals surface area contributed by atoms with Crippen molar-refractivity contribution >= 4 is 11.6 Å². The molecule has 1 aromatic rings. The first-order chi connectivity index (χ1) is 8.65. The van der Waals surface area contributed by atoms with E-state index in [9.17, 15) is 4.79 Å². The number of hydrogen-bond donors (Lipinski definition) is 2. The van der Waals surface area contributed by atoms with E-state index in [2.05, 4.69) is 24.5 Å². The van der Waals surface area contributed by atoms with Crippen molar-refractivity contribution in [3.63, 3.8) is 0 Å². The highest BCUT2D eigenvalue weighted by Gasteiger charge is 2.15. The van der Waals surface area contributed by atoms with Gasteiger partial charge in [-0.1, -0.05) is 19.9 Å². The third kappa shape index (κ3) is 3.47. The van der Waals surface area contributed by atoms with Gasteiger partial charge in [0.2, 0.25) is 0 Å². The summed E-state index contributed by atoms with van der Waals surface area (Å²) in [6.45, 7) is 6.37. The highest BCUT2D eigenvalue weighted by atomic mass is 16.5. The number of rotatable bonds is 5. The van der Waals surface area contributed by atoms with Crippen LogP contribution in [-0.2, 0) is 11.3 Å². The molecule has 1 aliphatic rings. The van der Waals surface area contributed by atoms with Crippen molar-refractivity contribution in [1.29, 1.82) is 0 Å². The van der Waals surface area contributed by atoms with Crippen LogP contribution in [0.1, 0.15) is 25.8 Å². The smallest absolute Gasteiger partial charge is 0.262 e. The number of amides is 1. The van der Waals surface area contributed by atoms with Crippen LogP contribution in [0.2, 0.25) is 0 Å². The molecule has 0 atom stereocenters. The number of carbonyl (C=O) groups is 1. The summed E-state index contributed by atoms with van der Waals surface area (Å²) < 4.78 is 5.32. The summed E-state index contributed by atoms with van der Waals surface area (Å²) in [6, 6.07) is 5.90. The van der Waals surface area contributed by atoms with Crippen LogP contribution in [0.25, 0.3) is 0 Å². The lowest BCUT2D eigenvalue weighted by Gasteiger charge is -2.18. The van der Waals surface area contributed by atoms with E-state index in [0.717, 1.165) is 30.1 Å². The zero-order chi connectivity index (χ0) is 13.0. The molecule has 98 valence electrons. The fourth-order valence-electron chi connectivity index (χ4n) is 1.86. The molecule has 1 aromatic carbocycles. The normalized spacial score (nSPS) is 14.1. The number of anilines is 1. The molecule has 2 N–H and O–H groups in total. The number of fused-ring (bicyclic) bond motifs is 1. The second-order valence-corrected chi connectivity index (χ2v) is 5.03. The van der Waals surface area contributed by atoms with Gasteiger partial charge in [0.15, 0.2) is 6.61 Å². The molecule has 0 saturated heterocycles. The molecule has 0 aromatic heterocycles. The van der Waals surface area contributed by atoms with Crippen LogP contribution in [-0.4, -0.2) is 19.1 Å². The second kappa shape index (κ2) is 5.87. The molecule has 1 aliphatic heterocycles. The Hall–Kier alpha value is -1.55. The zero-order valence-corrected chi connectivity index (χ0v) is 11.0. The van der Waals surface area contributed by atoms with Gasteiger partial charge in [-0.05, 0) is 36.6 Å². The van der Waals surface area contributed by atoms with Crippen molar-refractivity contribution in [2.45, 2.75) is 26.8 Å². The van der Waals surface area contributed by atoms with Crippen molar-refractivity contribution in [3.05, 3.63) is 23.8 Å². The number of nitrogens with one attached hydrogen (secondary N) is 2. The topological polar surface area (TPSA) is 50.4 Å². The van der Waals surface area contributed by atoms with Crippen molar-refractivity contribution in [1.82, 2.24) is 5.32 Å². The first-order valence-electron chi connectivity index (χ1n) is 6.41. The summed E-state index contributed by atoms with van der Waals surface area (Å²) in [5.74, 6) is 1.38. The summed E-state index contributed by atoms with van der Waals surface area (Å²) in [7, 11) is 0. The molecule has 0 bridgehead atoms. The molecule has 0 fully saturated rings. The average molecular weight is 248 g/mol. The summed E-state index contributed by atoms with van der Waals surface area (Å²) in [4.78, 5) is 11.2. The van der Waals surface area contributed by atoms with Crippen LogP contribution in [0.3, 0.4) is 0 Å². The van der Waals surface area contributed by atoms with E-state index >= 15 is 0 Å². The molecular weight excluding hydrogens is 228 g/mol. The summed E-state index contributed by atoms with van der Waals surface area (Å²) >= 11 is 0. The maximum atomic E-state index is 11.2. The monoisotopic (exact) mass is 248 g/mol. The highest BCUT2D eigenvalue weighted by Crippen LogP contribution is 2.28. The SMILES string of the molecule is CC(C)CCNCc1ccc2c(c1)NC(=O)CO2. The van der Waals surface area contributed by atoms with Crippen molar-refractivity contribution in [2.24, 2.45) is 5.92 Å². The van der Waals surface area contributed by atoms with E-state index in [1.54, 1.807) is 0 Å². The molecule has 4 heteroatoms. The molecule has 1 amide bonds. The molecular formula is C14H20N2O2. The van der Waals surface area contributed by atoms with Gasteiger partial charge in [0.25, 0.3) is 5.91 Å². The lowest BCUT2D eigenvalue weighted by molar-refractivity contribution is -0.118. The Kier molecular flexibility index (Phi) is 4.20. The number of hydrogen-bond acceptors (Lipinski definition) is 3. The van der Waals surface area contributed by atoms with Gasteiger partial charge in [-0.2, -0.15) is 0 Å². The Labute approximate surface area is 108 Å². The van der Waals surface area contributed by atoms with Gasteiger partial charge in [0.1, 0.15) is 5.75 Å². The van der Waals surface area contributed by atoms with Gasteiger partial charge in [-0.15, -0.1) is 0 Å². The maximum Gasteiger partial charge on any atom is 0.262 e. The van der Waals surface area contributed by atoms with Gasteiger partial charge in [0, 0.05) is 6.54 Å². The molecule has 4 nitrogen and oxygen atoms in total. The molecule has 18 heavy (non-hydrogen) atoms. The molecule has 0 aliphatic carbocycles. The average Bonchev–Trinajstić information content (AvgIpc) is 2.34. The summed E-state index contributed by atoms with van der Waals surface area (Å²) in [5.41, 5.74) is 1.93. The minimum Gasteiger partial charge on any atom is -0.482 e. The van der Waals surface area contributed by atoms with Crippen molar-refractivity contribution in [3.8, 4) is 5.75 Å². The molecule has 0 unspecified atom stereocenters. The van der Waals surface area contributed by atoms with Crippen LogP contribution < -0.4 is 15.4 Å². The van der Waals surface area contributed by atoms with E-state index < -0.39 is 0 Å². The van der Waals surface area contributed by atoms with Crippen molar-refractivity contribution < 1.29 is 9.53 Å². The quantitative estimate of drug-likeness (QED) is 0.785. The first-order valence-corrected chi connectivity index (χ1v) is 6.41. The largest absolute Gasteiger partial charge is 0.482 e. The van der Waals surface area contributed by atoms with Gasteiger partial charge in [0.05, 0.1) is 5.69 Å². The Balaban J connectivity index is 1.90. The van der Waals surface area contributed by atoms with Crippen LogP contribution in [0.5, 0.6) is 5.75 Å². The predicted octanol–water partition coefficient (Wildman–Crippen LogP) is 2.15. The van der Waals surface area contributed by atoms with E-state index in [1.807, 2.05) is 18.2 Å². The Bertz CT molecular complexity index is 430. The first kappa shape index (κ1) is 12.9. The van der Waals surface area contributed by atoms with E-state index in [1.165, 1.54) is 6.42 Å². The van der Waals surface area contributed by atoms with Crippen LogP contribution in [0, 0.1) is 5.92 Å². The number of benzene rings is 1. The molecule has 0 saturated carbocycles. The molecule has 0 radical (unpaired) electrons. The van der Waals surface area contributed by atoms with Gasteiger partial charge in [-0.3, -0.25) is 4.79 Å². The fourth-order valence-corrected chi connectivity index (χ4v) is 1.86. The van der Waals surface area contributed by atoms with Gasteiger partial charge in [-0.25, -0.2) is 0 Å². The third-order valence-corrected chi connectivity index (χ3v) is 2.90. The van der Waals surface area contributed by atoms with Crippen molar-refractivity contribution in [2.75, 3.05) is 18.5 Å². The summed E-state index contributed by atoms with van der Waals surface area (Å²) in [6.07, 6.45) is 1.17. The van der Waals surface area contributed by atoms with Crippen LogP contribution in [0.4, 0.5) is 5.69 Å². The van der Waals surface area contributed by atoms with Gasteiger partial charge < -0.3 is 15.4 Å². The fraction of sp³-hybridized carbons (Fsp3) is 0.500. The number of carbonyl (C=O) groups excluding carboxylic acids is 1. The maximum absolute atomic E-state index is 11.2. The Morgan fingerprint density at radius 3 is 3.06 bits per heavy atom. The lowest BCUT2D eigenvalue weighted by Crippen LogP contribution is -2.25. The lowest BCUT2D eigenvalue weighted by atomic mass is 10.1. The van der Waals surface area contributed by atoms with Crippen LogP contribution >= 0.6 is 0 Å². The minimum atomic E-state index is -0.0904. The van der Waals surface area contributed by atoms with E-state index in [-0.39, 0.29) is 12.5 Å². The molecule has 1 heterocycles. The molecule has 0 spiro atoms. The van der Waals surface area contributed by atoms with Crippen LogP contribution in [0.15, 0.2) is 18.2 Å². The summed E-state index contributed by atoms with van der Waals surface area (Å²) in [5, 5.41) is 6.21. The minimum absolute atomic E-state index is 0.0904. The standard InChI is InChI=1S/C14H20N2O2/c1-10(2)5-6-15-8-11-3-4-13-12(7-11)16-14(17)9-18-13/h3-4,7,10,15H,5-6,8-9H2,1-2H3,(H,16,17).